The summed E-state index contributed by atoms with van der Waals surface area (Å²) < 4.78 is 44.2. The van der Waals surface area contributed by atoms with Crippen molar-refractivity contribution in [1.82, 2.24) is 4.57 Å². The summed E-state index contributed by atoms with van der Waals surface area (Å²) in [6.45, 7) is 2.16. The summed E-state index contributed by atoms with van der Waals surface area (Å²) in [7, 11) is 0. The van der Waals surface area contributed by atoms with Crippen molar-refractivity contribution in [3.8, 4) is 16.9 Å². The van der Waals surface area contributed by atoms with E-state index in [1.165, 1.54) is 16.8 Å². The topological polar surface area (TPSA) is 51.5 Å². The van der Waals surface area contributed by atoms with Crippen molar-refractivity contribution in [2.75, 3.05) is 19.0 Å². The molecule has 4 nitrogen and oxygen atoms in total. The molecule has 0 aliphatic heterocycles. The van der Waals surface area contributed by atoms with Gasteiger partial charge < -0.3 is 14.4 Å². The first-order valence-electron chi connectivity index (χ1n) is 8.47. The molecule has 0 aliphatic rings. The SMILES string of the molecule is CCSCc1ccc(OCC(F)(F)F)c(-c2cc(C)c(=O)n(CCO)c2)c1. The minimum atomic E-state index is -4.44. The lowest BCUT2D eigenvalue weighted by Gasteiger charge is -2.16. The van der Waals surface area contributed by atoms with E-state index >= 15 is 0 Å². The van der Waals surface area contributed by atoms with Crippen LogP contribution in [-0.2, 0) is 12.3 Å². The van der Waals surface area contributed by atoms with Crippen molar-refractivity contribution in [2.45, 2.75) is 32.3 Å². The fraction of sp³-hybridized carbons (Fsp3) is 0.421. The van der Waals surface area contributed by atoms with Gasteiger partial charge in [0.2, 0.25) is 0 Å². The minimum absolute atomic E-state index is 0.103. The van der Waals surface area contributed by atoms with Gasteiger partial charge in [-0.15, -0.1) is 0 Å². The van der Waals surface area contributed by atoms with Gasteiger partial charge in [0.1, 0.15) is 5.75 Å². The van der Waals surface area contributed by atoms with E-state index in [0.29, 0.717) is 16.7 Å². The highest BCUT2D eigenvalue weighted by molar-refractivity contribution is 7.98. The molecular weight excluding hydrogens is 379 g/mol. The number of aromatic nitrogens is 1. The molecule has 0 amide bonds. The molecule has 0 atom stereocenters. The number of rotatable bonds is 8. The van der Waals surface area contributed by atoms with Gasteiger partial charge in [0, 0.05) is 35.2 Å². The first-order valence-corrected chi connectivity index (χ1v) is 9.63. The van der Waals surface area contributed by atoms with Crippen molar-refractivity contribution in [3.05, 3.63) is 51.9 Å². The van der Waals surface area contributed by atoms with Gasteiger partial charge in [0.05, 0.1) is 6.61 Å². The second kappa shape index (κ2) is 9.32. The lowest BCUT2D eigenvalue weighted by atomic mass is 10.0. The molecule has 0 spiro atoms. The average molecular weight is 401 g/mol. The zero-order chi connectivity index (χ0) is 20.0. The summed E-state index contributed by atoms with van der Waals surface area (Å²) in [5.74, 6) is 1.74. The summed E-state index contributed by atoms with van der Waals surface area (Å²) in [4.78, 5) is 12.2. The van der Waals surface area contributed by atoms with Crippen LogP contribution < -0.4 is 10.3 Å². The molecule has 148 valence electrons. The number of aliphatic hydroxyl groups excluding tert-OH is 1. The summed E-state index contributed by atoms with van der Waals surface area (Å²) in [5, 5.41) is 9.15. The van der Waals surface area contributed by atoms with Gasteiger partial charge in [-0.25, -0.2) is 0 Å². The van der Waals surface area contributed by atoms with E-state index in [4.69, 9.17) is 9.84 Å². The van der Waals surface area contributed by atoms with Crippen LogP contribution in [0.2, 0.25) is 0 Å². The smallest absolute Gasteiger partial charge is 0.422 e. The van der Waals surface area contributed by atoms with Crippen LogP contribution in [0.4, 0.5) is 13.2 Å². The molecule has 1 heterocycles. The molecular formula is C19H22F3NO3S. The fourth-order valence-electron chi connectivity index (χ4n) is 2.60. The van der Waals surface area contributed by atoms with Gasteiger partial charge >= 0.3 is 6.18 Å². The van der Waals surface area contributed by atoms with Gasteiger partial charge in [-0.1, -0.05) is 13.0 Å². The molecule has 0 radical (unpaired) electrons. The predicted molar refractivity (Wildman–Crippen MR) is 101 cm³/mol. The number of thioether (sulfide) groups is 1. The maximum absolute atomic E-state index is 12.6. The third-order valence-electron chi connectivity index (χ3n) is 3.83. The molecule has 0 saturated carbocycles. The number of aryl methyl sites for hydroxylation is 1. The Labute approximate surface area is 160 Å². The van der Waals surface area contributed by atoms with Gasteiger partial charge in [-0.05, 0) is 36.4 Å². The first kappa shape index (κ1) is 21.4. The van der Waals surface area contributed by atoms with Gasteiger partial charge in [-0.2, -0.15) is 24.9 Å². The van der Waals surface area contributed by atoms with Gasteiger partial charge in [-0.3, -0.25) is 4.79 Å². The maximum Gasteiger partial charge on any atom is 0.422 e. The Hall–Kier alpha value is -1.93. The number of alkyl halides is 3. The molecule has 1 N–H and O–H groups in total. The molecule has 0 unspecified atom stereocenters. The Morgan fingerprint density at radius 1 is 1.26 bits per heavy atom. The Bertz CT molecular complexity index is 834. The minimum Gasteiger partial charge on any atom is -0.483 e. The van der Waals surface area contributed by atoms with Crippen LogP contribution in [0.1, 0.15) is 18.1 Å². The molecule has 0 aliphatic carbocycles. The van der Waals surface area contributed by atoms with Crippen molar-refractivity contribution >= 4 is 11.8 Å². The molecule has 0 fully saturated rings. The Morgan fingerprint density at radius 2 is 2.00 bits per heavy atom. The highest BCUT2D eigenvalue weighted by Gasteiger charge is 2.29. The predicted octanol–water partition coefficient (Wildman–Crippen LogP) is 4.01. The highest BCUT2D eigenvalue weighted by atomic mass is 32.2. The molecule has 27 heavy (non-hydrogen) atoms. The zero-order valence-corrected chi connectivity index (χ0v) is 16.0. The fourth-order valence-corrected chi connectivity index (χ4v) is 3.22. The van der Waals surface area contributed by atoms with Crippen LogP contribution in [0.25, 0.3) is 11.1 Å². The van der Waals surface area contributed by atoms with Crippen LogP contribution in [0.5, 0.6) is 5.75 Å². The third kappa shape index (κ3) is 6.04. The van der Waals surface area contributed by atoms with Crippen LogP contribution in [-0.4, -0.2) is 34.8 Å². The van der Waals surface area contributed by atoms with E-state index in [9.17, 15) is 18.0 Å². The van der Waals surface area contributed by atoms with Gasteiger partial charge in [0.15, 0.2) is 6.61 Å². The average Bonchev–Trinajstić information content (AvgIpc) is 2.61. The largest absolute Gasteiger partial charge is 0.483 e. The molecule has 0 bridgehead atoms. The number of aliphatic hydroxyl groups is 1. The van der Waals surface area contributed by atoms with Gasteiger partial charge in [0.25, 0.3) is 5.56 Å². The highest BCUT2D eigenvalue weighted by Crippen LogP contribution is 2.33. The molecule has 0 saturated heterocycles. The van der Waals surface area contributed by atoms with Crippen molar-refractivity contribution in [2.24, 2.45) is 0 Å². The lowest BCUT2D eigenvalue weighted by Crippen LogP contribution is -2.23. The summed E-state index contributed by atoms with van der Waals surface area (Å²) in [5.41, 5.74) is 2.21. The summed E-state index contributed by atoms with van der Waals surface area (Å²) in [6.07, 6.45) is -2.91. The van der Waals surface area contributed by atoms with Crippen LogP contribution in [0, 0.1) is 6.92 Å². The number of benzene rings is 1. The number of hydrogen-bond acceptors (Lipinski definition) is 4. The maximum atomic E-state index is 12.6. The quantitative estimate of drug-likeness (QED) is 0.726. The standard InChI is InChI=1S/C19H22F3NO3S/c1-3-27-11-14-4-5-17(26-12-19(20,21)22)16(9-14)15-8-13(2)18(25)23(10-15)6-7-24/h4-5,8-10,24H,3,6-7,11-12H2,1-2H3. The van der Waals surface area contributed by atoms with Crippen molar-refractivity contribution in [1.29, 1.82) is 0 Å². The number of ether oxygens (including phenoxy) is 1. The first-order chi connectivity index (χ1) is 12.7. The van der Waals surface area contributed by atoms with E-state index in [0.717, 1.165) is 17.1 Å². The second-order valence-corrected chi connectivity index (χ2v) is 7.28. The molecule has 8 heteroatoms. The molecule has 1 aromatic carbocycles. The monoisotopic (exact) mass is 401 g/mol. The van der Waals surface area contributed by atoms with E-state index in [2.05, 4.69) is 0 Å². The van der Waals surface area contributed by atoms with E-state index in [1.807, 2.05) is 6.92 Å². The van der Waals surface area contributed by atoms with Crippen LogP contribution >= 0.6 is 11.8 Å². The Morgan fingerprint density at radius 3 is 2.63 bits per heavy atom. The zero-order valence-electron chi connectivity index (χ0n) is 15.2. The molecule has 2 rings (SSSR count). The Balaban J connectivity index is 2.51. The van der Waals surface area contributed by atoms with Crippen molar-refractivity contribution < 1.29 is 23.0 Å². The van der Waals surface area contributed by atoms with Crippen molar-refractivity contribution in [3.63, 3.8) is 0 Å². The number of nitrogens with zero attached hydrogens (tertiary/aromatic N) is 1. The molecule has 1 aromatic heterocycles. The molecule has 2 aromatic rings. The summed E-state index contributed by atoms with van der Waals surface area (Å²) in [6, 6.07) is 6.69. The summed E-state index contributed by atoms with van der Waals surface area (Å²) >= 11 is 1.70. The van der Waals surface area contributed by atoms with Crippen LogP contribution in [0.15, 0.2) is 35.3 Å². The van der Waals surface area contributed by atoms with E-state index in [1.54, 1.807) is 36.9 Å². The normalized spacial score (nSPS) is 11.6. The van der Waals surface area contributed by atoms with E-state index < -0.39 is 12.8 Å². The van der Waals surface area contributed by atoms with E-state index in [-0.39, 0.29) is 24.5 Å². The third-order valence-corrected chi connectivity index (χ3v) is 4.77. The Kier molecular flexibility index (Phi) is 7.38. The number of pyridine rings is 1. The second-order valence-electron chi connectivity index (χ2n) is 6.01. The lowest BCUT2D eigenvalue weighted by molar-refractivity contribution is -0.153. The number of halogens is 3. The van der Waals surface area contributed by atoms with Crippen LogP contribution in [0.3, 0.4) is 0 Å². The number of hydrogen-bond donors (Lipinski definition) is 1.